The van der Waals surface area contributed by atoms with Gasteiger partial charge in [-0.2, -0.15) is 0 Å². The van der Waals surface area contributed by atoms with Crippen molar-refractivity contribution in [3.05, 3.63) is 0 Å². The first kappa shape index (κ1) is 15.4. The summed E-state index contributed by atoms with van der Waals surface area (Å²) < 4.78 is 0. The van der Waals surface area contributed by atoms with E-state index >= 15 is 0 Å². The van der Waals surface area contributed by atoms with Crippen LogP contribution in [-0.2, 0) is 4.79 Å². The van der Waals surface area contributed by atoms with Crippen LogP contribution in [0.5, 0.6) is 0 Å². The molecule has 1 amide bonds. The van der Waals surface area contributed by atoms with Crippen molar-refractivity contribution in [3.8, 4) is 0 Å². The summed E-state index contributed by atoms with van der Waals surface area (Å²) in [7, 11) is 0. The van der Waals surface area contributed by atoms with Crippen LogP contribution in [-0.4, -0.2) is 11.1 Å². The van der Waals surface area contributed by atoms with Crippen molar-refractivity contribution in [2.75, 3.05) is 0 Å². The number of unbranched alkanes of at least 4 members (excludes halogenated alkanes) is 9. The topological polar surface area (TPSA) is 49.3 Å². The van der Waals surface area contributed by atoms with Crippen LogP contribution in [0.15, 0.2) is 0 Å². The normalized spacial score (nSPS) is 10.4. The van der Waals surface area contributed by atoms with Crippen LogP contribution >= 0.6 is 0 Å². The zero-order chi connectivity index (χ0) is 12.1. The van der Waals surface area contributed by atoms with E-state index in [4.69, 9.17) is 5.21 Å². The molecule has 0 bridgehead atoms. The molecule has 0 unspecified atom stereocenters. The summed E-state index contributed by atoms with van der Waals surface area (Å²) in [6.45, 7) is 2.24. The Kier molecular flexibility index (Phi) is 12.1. The maximum Gasteiger partial charge on any atom is 0.243 e. The third-order valence-corrected chi connectivity index (χ3v) is 2.88. The van der Waals surface area contributed by atoms with E-state index in [2.05, 4.69) is 6.92 Å². The van der Waals surface area contributed by atoms with Gasteiger partial charge in [-0.25, -0.2) is 5.48 Å². The molecule has 96 valence electrons. The minimum Gasteiger partial charge on any atom is -0.289 e. The fourth-order valence-corrected chi connectivity index (χ4v) is 1.83. The number of hydroxylamine groups is 1. The lowest BCUT2D eigenvalue weighted by Crippen LogP contribution is -2.17. The smallest absolute Gasteiger partial charge is 0.243 e. The van der Waals surface area contributed by atoms with Crippen LogP contribution in [0.4, 0.5) is 0 Å². The molecule has 0 aliphatic rings. The predicted octanol–water partition coefficient (Wildman–Crippen LogP) is 3.80. The molecular formula is C13H27NO2. The predicted molar refractivity (Wildman–Crippen MR) is 66.4 cm³/mol. The molecule has 0 aromatic carbocycles. The van der Waals surface area contributed by atoms with Crippen molar-refractivity contribution in [2.45, 2.75) is 77.6 Å². The van der Waals surface area contributed by atoms with E-state index in [-0.39, 0.29) is 5.91 Å². The lowest BCUT2D eigenvalue weighted by atomic mass is 10.1. The van der Waals surface area contributed by atoms with Crippen LogP contribution in [0.2, 0.25) is 0 Å². The molecule has 0 aliphatic heterocycles. The number of amides is 1. The number of nitrogens with one attached hydrogen (secondary N) is 1. The van der Waals surface area contributed by atoms with Gasteiger partial charge in [0.15, 0.2) is 0 Å². The van der Waals surface area contributed by atoms with Gasteiger partial charge < -0.3 is 0 Å². The van der Waals surface area contributed by atoms with Gasteiger partial charge in [0, 0.05) is 6.42 Å². The van der Waals surface area contributed by atoms with E-state index in [1.807, 2.05) is 0 Å². The highest BCUT2D eigenvalue weighted by molar-refractivity contribution is 5.74. The number of carbonyl (C=O) groups is 1. The Hall–Kier alpha value is -0.570. The van der Waals surface area contributed by atoms with E-state index in [0.717, 1.165) is 12.8 Å². The Labute approximate surface area is 99.6 Å². The SMILES string of the molecule is CCCCCCCCCCCCC(=O)NO. The molecule has 0 fully saturated rings. The minimum absolute atomic E-state index is 0.264. The van der Waals surface area contributed by atoms with Crippen molar-refractivity contribution >= 4 is 5.91 Å². The highest BCUT2D eigenvalue weighted by Gasteiger charge is 1.98. The Morgan fingerprint density at radius 3 is 1.75 bits per heavy atom. The summed E-state index contributed by atoms with van der Waals surface area (Å²) in [5, 5.41) is 8.28. The van der Waals surface area contributed by atoms with Crippen LogP contribution in [0.25, 0.3) is 0 Å². The van der Waals surface area contributed by atoms with Crippen LogP contribution in [0.1, 0.15) is 77.6 Å². The second-order valence-corrected chi connectivity index (χ2v) is 4.47. The minimum atomic E-state index is -0.264. The van der Waals surface area contributed by atoms with E-state index in [1.165, 1.54) is 51.4 Å². The molecule has 0 rings (SSSR count). The molecule has 0 heterocycles. The first-order valence-corrected chi connectivity index (χ1v) is 6.74. The van der Waals surface area contributed by atoms with Gasteiger partial charge in [-0.3, -0.25) is 10.0 Å². The summed E-state index contributed by atoms with van der Waals surface area (Å²) in [5.41, 5.74) is 1.66. The third-order valence-electron chi connectivity index (χ3n) is 2.88. The van der Waals surface area contributed by atoms with Crippen molar-refractivity contribution in [3.63, 3.8) is 0 Å². The summed E-state index contributed by atoms with van der Waals surface area (Å²) in [5.74, 6) is -0.264. The highest BCUT2D eigenvalue weighted by Crippen LogP contribution is 2.10. The second-order valence-electron chi connectivity index (χ2n) is 4.47. The lowest BCUT2D eigenvalue weighted by molar-refractivity contribution is -0.129. The van der Waals surface area contributed by atoms with Gasteiger partial charge in [-0.1, -0.05) is 64.7 Å². The Morgan fingerprint density at radius 1 is 0.875 bits per heavy atom. The molecule has 0 saturated carbocycles. The zero-order valence-electron chi connectivity index (χ0n) is 10.6. The van der Waals surface area contributed by atoms with Gasteiger partial charge in [0.25, 0.3) is 0 Å². The van der Waals surface area contributed by atoms with Gasteiger partial charge in [0.2, 0.25) is 5.91 Å². The van der Waals surface area contributed by atoms with Crippen LogP contribution in [0, 0.1) is 0 Å². The largest absolute Gasteiger partial charge is 0.289 e. The van der Waals surface area contributed by atoms with Crippen LogP contribution in [0.3, 0.4) is 0 Å². The Bertz CT molecular complexity index is 160. The molecule has 0 atom stereocenters. The number of rotatable bonds is 11. The molecule has 16 heavy (non-hydrogen) atoms. The Morgan fingerprint density at radius 2 is 1.31 bits per heavy atom. The lowest BCUT2D eigenvalue weighted by Gasteiger charge is -2.01. The van der Waals surface area contributed by atoms with E-state index in [0.29, 0.717) is 6.42 Å². The molecule has 0 aliphatic carbocycles. The quantitative estimate of drug-likeness (QED) is 0.321. The summed E-state index contributed by atoms with van der Waals surface area (Å²) >= 11 is 0. The first-order valence-electron chi connectivity index (χ1n) is 6.74. The van der Waals surface area contributed by atoms with E-state index in [9.17, 15) is 4.79 Å². The third kappa shape index (κ3) is 11.5. The van der Waals surface area contributed by atoms with Gasteiger partial charge in [0.05, 0.1) is 0 Å². The fraction of sp³-hybridized carbons (Fsp3) is 0.923. The maximum absolute atomic E-state index is 10.7. The van der Waals surface area contributed by atoms with Crippen molar-refractivity contribution in [1.29, 1.82) is 0 Å². The van der Waals surface area contributed by atoms with Gasteiger partial charge in [0.1, 0.15) is 0 Å². The number of carbonyl (C=O) groups excluding carboxylic acids is 1. The van der Waals surface area contributed by atoms with E-state index in [1.54, 1.807) is 5.48 Å². The molecule has 3 heteroatoms. The monoisotopic (exact) mass is 229 g/mol. The average molecular weight is 229 g/mol. The zero-order valence-corrected chi connectivity index (χ0v) is 10.6. The van der Waals surface area contributed by atoms with E-state index < -0.39 is 0 Å². The van der Waals surface area contributed by atoms with Crippen molar-refractivity contribution in [2.24, 2.45) is 0 Å². The molecule has 0 aromatic rings. The highest BCUT2D eigenvalue weighted by atomic mass is 16.5. The molecule has 0 spiro atoms. The van der Waals surface area contributed by atoms with Gasteiger partial charge >= 0.3 is 0 Å². The Balaban J connectivity index is 2.96. The van der Waals surface area contributed by atoms with Gasteiger partial charge in [-0.15, -0.1) is 0 Å². The molecular weight excluding hydrogens is 202 g/mol. The molecule has 0 radical (unpaired) electrons. The number of hydrogen-bond donors (Lipinski definition) is 2. The second kappa shape index (κ2) is 12.5. The first-order chi connectivity index (χ1) is 7.81. The molecule has 0 saturated heterocycles. The van der Waals surface area contributed by atoms with Crippen molar-refractivity contribution < 1.29 is 10.0 Å². The number of hydrogen-bond acceptors (Lipinski definition) is 2. The molecule has 3 nitrogen and oxygen atoms in total. The maximum atomic E-state index is 10.7. The molecule has 0 aromatic heterocycles. The molecule has 2 N–H and O–H groups in total. The van der Waals surface area contributed by atoms with Crippen LogP contribution < -0.4 is 5.48 Å². The summed E-state index contributed by atoms with van der Waals surface area (Å²) in [4.78, 5) is 10.7. The standard InChI is InChI=1S/C13H27NO2/c1-2-3-4-5-6-7-8-9-10-11-12-13(15)14-16/h16H,2-12H2,1H3,(H,14,15). The fourth-order valence-electron chi connectivity index (χ4n) is 1.83. The van der Waals surface area contributed by atoms with Gasteiger partial charge in [-0.05, 0) is 6.42 Å². The summed E-state index contributed by atoms with van der Waals surface area (Å²) in [6.07, 6.45) is 13.1. The van der Waals surface area contributed by atoms with Crippen molar-refractivity contribution in [1.82, 2.24) is 5.48 Å². The summed E-state index contributed by atoms with van der Waals surface area (Å²) in [6, 6.07) is 0. The average Bonchev–Trinajstić information content (AvgIpc) is 2.31.